The Labute approximate surface area is 152 Å². The van der Waals surface area contributed by atoms with Gasteiger partial charge in [0.1, 0.15) is 0 Å². The standard InChI is InChI=1S/C17H27N5O4/c1-10(2)15(18)17(24)20-11(3)9-19-12(4)16(23)21-13-5-7-14(8-6-13)22(25)26/h5-8,10-12,15,19H,9,18H2,1-4H3,(H,20,24)(H,21,23)/t11-,12-,15-/m0/s1. The maximum absolute atomic E-state index is 12.1. The van der Waals surface area contributed by atoms with Crippen molar-refractivity contribution in [3.63, 3.8) is 0 Å². The molecule has 9 heteroatoms. The van der Waals surface area contributed by atoms with Crippen LogP contribution < -0.4 is 21.7 Å². The maximum atomic E-state index is 12.1. The molecule has 2 amide bonds. The molecule has 0 saturated carbocycles. The number of carbonyl (C=O) groups excluding carboxylic acids is 2. The lowest BCUT2D eigenvalue weighted by atomic mass is 10.0. The van der Waals surface area contributed by atoms with Crippen molar-refractivity contribution in [3.05, 3.63) is 34.4 Å². The lowest BCUT2D eigenvalue weighted by Crippen LogP contribution is -2.51. The fourth-order valence-electron chi connectivity index (χ4n) is 2.06. The highest BCUT2D eigenvalue weighted by Crippen LogP contribution is 2.15. The van der Waals surface area contributed by atoms with Crippen molar-refractivity contribution >= 4 is 23.2 Å². The van der Waals surface area contributed by atoms with Crippen LogP contribution in [0.5, 0.6) is 0 Å². The summed E-state index contributed by atoms with van der Waals surface area (Å²) in [5, 5.41) is 19.1. The highest BCUT2D eigenvalue weighted by Gasteiger charge is 2.20. The van der Waals surface area contributed by atoms with Crippen molar-refractivity contribution in [2.45, 2.75) is 45.8 Å². The van der Waals surface area contributed by atoms with Crippen LogP contribution in [-0.4, -0.2) is 41.4 Å². The maximum Gasteiger partial charge on any atom is 0.269 e. The van der Waals surface area contributed by atoms with Crippen LogP contribution in [-0.2, 0) is 9.59 Å². The number of anilines is 1. The van der Waals surface area contributed by atoms with E-state index in [0.717, 1.165) is 0 Å². The lowest BCUT2D eigenvalue weighted by molar-refractivity contribution is -0.384. The fraction of sp³-hybridized carbons (Fsp3) is 0.529. The van der Waals surface area contributed by atoms with E-state index >= 15 is 0 Å². The van der Waals surface area contributed by atoms with Crippen LogP contribution in [0.2, 0.25) is 0 Å². The number of nitrogens with one attached hydrogen (secondary N) is 3. The Bertz CT molecular complexity index is 633. The summed E-state index contributed by atoms with van der Waals surface area (Å²) in [7, 11) is 0. The smallest absolute Gasteiger partial charge is 0.269 e. The molecule has 0 fully saturated rings. The van der Waals surface area contributed by atoms with Gasteiger partial charge < -0.3 is 21.7 Å². The van der Waals surface area contributed by atoms with E-state index in [2.05, 4.69) is 16.0 Å². The molecule has 1 aromatic carbocycles. The molecular formula is C17H27N5O4. The van der Waals surface area contributed by atoms with E-state index in [1.165, 1.54) is 24.3 Å². The lowest BCUT2D eigenvalue weighted by Gasteiger charge is -2.21. The van der Waals surface area contributed by atoms with Crippen LogP contribution in [0.4, 0.5) is 11.4 Å². The van der Waals surface area contributed by atoms with Crippen LogP contribution in [0.1, 0.15) is 27.7 Å². The number of benzene rings is 1. The summed E-state index contributed by atoms with van der Waals surface area (Å²) in [5.74, 6) is -0.463. The number of carbonyl (C=O) groups is 2. The molecule has 0 saturated heterocycles. The number of amides is 2. The van der Waals surface area contributed by atoms with Crippen molar-refractivity contribution in [2.24, 2.45) is 11.7 Å². The van der Waals surface area contributed by atoms with E-state index in [0.29, 0.717) is 12.2 Å². The minimum Gasteiger partial charge on any atom is -0.351 e. The second-order valence-electron chi connectivity index (χ2n) is 6.60. The highest BCUT2D eigenvalue weighted by molar-refractivity contribution is 5.94. The van der Waals surface area contributed by atoms with Crippen LogP contribution in [0.15, 0.2) is 24.3 Å². The number of nitrogens with two attached hydrogens (primary N) is 1. The Hall–Kier alpha value is -2.52. The Morgan fingerprint density at radius 1 is 1.12 bits per heavy atom. The molecule has 9 nitrogen and oxygen atoms in total. The molecule has 0 spiro atoms. The SMILES string of the molecule is CC(C)[C@H](N)C(=O)N[C@@H](C)CN[C@@H](C)C(=O)Nc1ccc([N+](=O)[O-])cc1. The second kappa shape index (κ2) is 9.83. The third-order valence-corrected chi connectivity index (χ3v) is 3.88. The zero-order valence-electron chi connectivity index (χ0n) is 15.5. The molecule has 0 aliphatic carbocycles. The van der Waals surface area contributed by atoms with Gasteiger partial charge in [-0.3, -0.25) is 19.7 Å². The minimum absolute atomic E-state index is 0.0431. The first-order chi connectivity index (χ1) is 12.1. The molecule has 0 aromatic heterocycles. The predicted molar refractivity (Wildman–Crippen MR) is 99.6 cm³/mol. The molecule has 0 aliphatic rings. The molecule has 5 N–H and O–H groups in total. The molecule has 144 valence electrons. The summed E-state index contributed by atoms with van der Waals surface area (Å²) in [4.78, 5) is 34.2. The normalized spacial score (nSPS) is 14.4. The Morgan fingerprint density at radius 2 is 1.69 bits per heavy atom. The first kappa shape index (κ1) is 21.5. The van der Waals surface area contributed by atoms with E-state index in [-0.39, 0.29) is 29.5 Å². The molecule has 0 bridgehead atoms. The molecule has 1 aromatic rings. The molecule has 3 atom stereocenters. The average Bonchev–Trinajstić information content (AvgIpc) is 2.59. The summed E-state index contributed by atoms with van der Waals surface area (Å²) in [6.07, 6.45) is 0. The topological polar surface area (TPSA) is 139 Å². The number of rotatable bonds is 9. The molecule has 0 aliphatic heterocycles. The fourth-order valence-corrected chi connectivity index (χ4v) is 2.06. The van der Waals surface area contributed by atoms with Gasteiger partial charge in [0.25, 0.3) is 5.69 Å². The van der Waals surface area contributed by atoms with Gasteiger partial charge in [-0.25, -0.2) is 0 Å². The summed E-state index contributed by atoms with van der Waals surface area (Å²) in [6.45, 7) is 7.65. The van der Waals surface area contributed by atoms with Gasteiger partial charge in [-0.05, 0) is 31.9 Å². The molecule has 0 unspecified atom stereocenters. The Morgan fingerprint density at radius 3 is 2.19 bits per heavy atom. The van der Waals surface area contributed by atoms with Crippen LogP contribution in [0.25, 0.3) is 0 Å². The summed E-state index contributed by atoms with van der Waals surface area (Å²) >= 11 is 0. The molecule has 0 radical (unpaired) electrons. The first-order valence-electron chi connectivity index (χ1n) is 8.46. The Kier molecular flexibility index (Phi) is 8.14. The van der Waals surface area contributed by atoms with Crippen molar-refractivity contribution in [1.82, 2.24) is 10.6 Å². The number of hydrogen-bond donors (Lipinski definition) is 4. The van der Waals surface area contributed by atoms with Crippen LogP contribution >= 0.6 is 0 Å². The van der Waals surface area contributed by atoms with Gasteiger partial charge in [-0.2, -0.15) is 0 Å². The monoisotopic (exact) mass is 365 g/mol. The summed E-state index contributed by atoms with van der Waals surface area (Å²) < 4.78 is 0. The first-order valence-corrected chi connectivity index (χ1v) is 8.46. The van der Waals surface area contributed by atoms with E-state index in [1.54, 1.807) is 6.92 Å². The zero-order valence-corrected chi connectivity index (χ0v) is 15.5. The van der Waals surface area contributed by atoms with Crippen molar-refractivity contribution in [2.75, 3.05) is 11.9 Å². The van der Waals surface area contributed by atoms with E-state index in [4.69, 9.17) is 5.73 Å². The average molecular weight is 365 g/mol. The molecular weight excluding hydrogens is 338 g/mol. The zero-order chi connectivity index (χ0) is 19.9. The quantitative estimate of drug-likeness (QED) is 0.380. The van der Waals surface area contributed by atoms with E-state index in [1.807, 2.05) is 20.8 Å². The van der Waals surface area contributed by atoms with Crippen LogP contribution in [0.3, 0.4) is 0 Å². The van der Waals surface area contributed by atoms with Crippen molar-refractivity contribution < 1.29 is 14.5 Å². The van der Waals surface area contributed by atoms with Crippen molar-refractivity contribution in [1.29, 1.82) is 0 Å². The van der Waals surface area contributed by atoms with E-state index in [9.17, 15) is 19.7 Å². The van der Waals surface area contributed by atoms with E-state index < -0.39 is 17.0 Å². The summed E-state index contributed by atoms with van der Waals surface area (Å²) in [6, 6.07) is 4.32. The van der Waals surface area contributed by atoms with Crippen molar-refractivity contribution in [3.8, 4) is 0 Å². The number of nitro groups is 1. The molecule has 26 heavy (non-hydrogen) atoms. The number of nitrogens with zero attached hydrogens (tertiary/aromatic N) is 1. The number of nitro benzene ring substituents is 1. The van der Waals surface area contributed by atoms with Crippen LogP contribution in [0, 0.1) is 16.0 Å². The second-order valence-corrected chi connectivity index (χ2v) is 6.60. The third-order valence-electron chi connectivity index (χ3n) is 3.88. The van der Waals surface area contributed by atoms with Gasteiger partial charge in [0.05, 0.1) is 17.0 Å². The molecule has 1 rings (SSSR count). The van der Waals surface area contributed by atoms with Gasteiger partial charge >= 0.3 is 0 Å². The van der Waals surface area contributed by atoms with Gasteiger partial charge in [0.15, 0.2) is 0 Å². The number of non-ortho nitro benzene ring substituents is 1. The number of hydrogen-bond acceptors (Lipinski definition) is 6. The molecule has 0 heterocycles. The summed E-state index contributed by atoms with van der Waals surface area (Å²) in [5.41, 5.74) is 6.22. The van der Waals surface area contributed by atoms with Gasteiger partial charge in [0, 0.05) is 30.4 Å². The van der Waals surface area contributed by atoms with Gasteiger partial charge in [0.2, 0.25) is 11.8 Å². The van der Waals surface area contributed by atoms with Gasteiger partial charge in [-0.1, -0.05) is 13.8 Å². The Balaban J connectivity index is 2.44. The largest absolute Gasteiger partial charge is 0.351 e. The predicted octanol–water partition coefficient (Wildman–Crippen LogP) is 0.999. The third kappa shape index (κ3) is 6.77. The minimum atomic E-state index is -0.569. The highest BCUT2D eigenvalue weighted by atomic mass is 16.6. The van der Waals surface area contributed by atoms with Gasteiger partial charge in [-0.15, -0.1) is 0 Å².